The lowest BCUT2D eigenvalue weighted by Crippen LogP contribution is -2.39. The maximum absolute atomic E-state index is 6.03. The van der Waals surface area contributed by atoms with Gasteiger partial charge in [0.15, 0.2) is 0 Å². The first kappa shape index (κ1) is 11.6. The van der Waals surface area contributed by atoms with Gasteiger partial charge in [-0.15, -0.1) is 0 Å². The van der Waals surface area contributed by atoms with Crippen LogP contribution >= 0.6 is 0 Å². The van der Waals surface area contributed by atoms with Crippen LogP contribution in [-0.2, 0) is 18.2 Å². The standard InChI is InChI=1S/C12H21N3O/c1-15-10(6-8-14-15)7-9-16-12-5-3-2-4-11(12)13/h6,8,11-12H,2-5,7,9,13H2,1H3. The second kappa shape index (κ2) is 5.46. The zero-order valence-corrected chi connectivity index (χ0v) is 9.93. The van der Waals surface area contributed by atoms with E-state index in [-0.39, 0.29) is 12.1 Å². The molecule has 90 valence electrons. The van der Waals surface area contributed by atoms with E-state index in [1.807, 2.05) is 24.0 Å². The fraction of sp³-hybridized carbons (Fsp3) is 0.750. The molecule has 1 fully saturated rings. The quantitative estimate of drug-likeness (QED) is 0.835. The number of ether oxygens (including phenoxy) is 1. The van der Waals surface area contributed by atoms with Crippen molar-refractivity contribution in [2.75, 3.05) is 6.61 Å². The van der Waals surface area contributed by atoms with Gasteiger partial charge in [0.05, 0.1) is 12.7 Å². The van der Waals surface area contributed by atoms with E-state index in [1.165, 1.54) is 18.5 Å². The van der Waals surface area contributed by atoms with E-state index in [1.54, 1.807) is 0 Å². The largest absolute Gasteiger partial charge is 0.376 e. The number of hydrogen-bond donors (Lipinski definition) is 1. The molecular formula is C12H21N3O. The Bertz CT molecular complexity index is 324. The number of rotatable bonds is 4. The first-order valence-corrected chi connectivity index (χ1v) is 6.11. The number of aryl methyl sites for hydroxylation is 1. The van der Waals surface area contributed by atoms with Gasteiger partial charge in [0, 0.05) is 31.4 Å². The van der Waals surface area contributed by atoms with Gasteiger partial charge in [0.25, 0.3) is 0 Å². The van der Waals surface area contributed by atoms with Crippen molar-refractivity contribution in [3.05, 3.63) is 18.0 Å². The number of aromatic nitrogens is 2. The van der Waals surface area contributed by atoms with E-state index >= 15 is 0 Å². The van der Waals surface area contributed by atoms with Crippen molar-refractivity contribution in [3.63, 3.8) is 0 Å². The Morgan fingerprint density at radius 1 is 1.50 bits per heavy atom. The number of nitrogens with two attached hydrogens (primary N) is 1. The lowest BCUT2D eigenvalue weighted by atomic mass is 9.93. The summed E-state index contributed by atoms with van der Waals surface area (Å²) in [5, 5.41) is 4.13. The van der Waals surface area contributed by atoms with Crippen molar-refractivity contribution in [1.29, 1.82) is 0 Å². The van der Waals surface area contributed by atoms with Crippen LogP contribution in [0.3, 0.4) is 0 Å². The molecular weight excluding hydrogens is 202 g/mol. The maximum atomic E-state index is 6.03. The molecule has 1 aromatic heterocycles. The minimum absolute atomic E-state index is 0.236. The van der Waals surface area contributed by atoms with Crippen molar-refractivity contribution in [3.8, 4) is 0 Å². The predicted molar refractivity (Wildman–Crippen MR) is 63.1 cm³/mol. The van der Waals surface area contributed by atoms with Crippen molar-refractivity contribution < 1.29 is 4.74 Å². The van der Waals surface area contributed by atoms with E-state index in [0.29, 0.717) is 0 Å². The van der Waals surface area contributed by atoms with Gasteiger partial charge in [-0.2, -0.15) is 5.10 Å². The third kappa shape index (κ3) is 2.83. The van der Waals surface area contributed by atoms with Gasteiger partial charge >= 0.3 is 0 Å². The third-order valence-corrected chi connectivity index (χ3v) is 3.37. The molecule has 2 rings (SSSR count). The molecule has 0 saturated heterocycles. The summed E-state index contributed by atoms with van der Waals surface area (Å²) in [7, 11) is 1.96. The summed E-state index contributed by atoms with van der Waals surface area (Å²) in [4.78, 5) is 0. The minimum Gasteiger partial charge on any atom is -0.376 e. The molecule has 2 N–H and O–H groups in total. The smallest absolute Gasteiger partial charge is 0.0726 e. The van der Waals surface area contributed by atoms with Gasteiger partial charge in [0.2, 0.25) is 0 Å². The molecule has 0 aromatic carbocycles. The molecule has 0 bridgehead atoms. The Morgan fingerprint density at radius 3 is 3.00 bits per heavy atom. The fourth-order valence-corrected chi connectivity index (χ4v) is 2.29. The lowest BCUT2D eigenvalue weighted by molar-refractivity contribution is 0.0163. The summed E-state index contributed by atoms with van der Waals surface area (Å²) in [6.45, 7) is 0.748. The zero-order chi connectivity index (χ0) is 11.4. The first-order chi connectivity index (χ1) is 7.77. The van der Waals surface area contributed by atoms with Crippen LogP contribution < -0.4 is 5.73 Å². The Morgan fingerprint density at radius 2 is 2.31 bits per heavy atom. The summed E-state index contributed by atoms with van der Waals surface area (Å²) in [5.41, 5.74) is 7.24. The van der Waals surface area contributed by atoms with Crippen LogP contribution in [0.25, 0.3) is 0 Å². The number of nitrogens with zero attached hydrogens (tertiary/aromatic N) is 2. The highest BCUT2D eigenvalue weighted by Crippen LogP contribution is 2.19. The van der Waals surface area contributed by atoms with E-state index in [0.717, 1.165) is 25.9 Å². The normalized spacial score (nSPS) is 25.9. The summed E-state index contributed by atoms with van der Waals surface area (Å²) in [6.07, 6.45) is 7.74. The minimum atomic E-state index is 0.236. The highest BCUT2D eigenvalue weighted by molar-refractivity contribution is 4.99. The van der Waals surface area contributed by atoms with Gasteiger partial charge < -0.3 is 10.5 Å². The van der Waals surface area contributed by atoms with Gasteiger partial charge in [-0.05, 0) is 18.9 Å². The highest BCUT2D eigenvalue weighted by Gasteiger charge is 2.21. The molecule has 0 amide bonds. The van der Waals surface area contributed by atoms with Crippen LogP contribution in [0.2, 0.25) is 0 Å². The van der Waals surface area contributed by atoms with Crippen molar-refractivity contribution in [2.45, 2.75) is 44.2 Å². The fourth-order valence-electron chi connectivity index (χ4n) is 2.29. The highest BCUT2D eigenvalue weighted by atomic mass is 16.5. The Hall–Kier alpha value is -0.870. The van der Waals surface area contributed by atoms with Gasteiger partial charge in [-0.1, -0.05) is 12.8 Å². The number of hydrogen-bond acceptors (Lipinski definition) is 3. The molecule has 4 nitrogen and oxygen atoms in total. The molecule has 1 saturated carbocycles. The van der Waals surface area contributed by atoms with Gasteiger partial charge in [0.1, 0.15) is 0 Å². The summed E-state index contributed by atoms with van der Waals surface area (Å²) >= 11 is 0. The Balaban J connectivity index is 1.73. The van der Waals surface area contributed by atoms with Crippen molar-refractivity contribution >= 4 is 0 Å². The van der Waals surface area contributed by atoms with Crippen LogP contribution in [0.15, 0.2) is 12.3 Å². The van der Waals surface area contributed by atoms with Crippen molar-refractivity contribution in [1.82, 2.24) is 9.78 Å². The monoisotopic (exact) mass is 223 g/mol. The van der Waals surface area contributed by atoms with E-state index in [9.17, 15) is 0 Å². The molecule has 0 radical (unpaired) electrons. The lowest BCUT2D eigenvalue weighted by Gasteiger charge is -2.28. The van der Waals surface area contributed by atoms with Gasteiger partial charge in [-0.25, -0.2) is 0 Å². The summed E-state index contributed by atoms with van der Waals surface area (Å²) in [5.74, 6) is 0. The second-order valence-corrected chi connectivity index (χ2v) is 4.55. The van der Waals surface area contributed by atoms with Crippen LogP contribution in [0.4, 0.5) is 0 Å². The van der Waals surface area contributed by atoms with Crippen LogP contribution in [0, 0.1) is 0 Å². The third-order valence-electron chi connectivity index (χ3n) is 3.37. The molecule has 1 heterocycles. The van der Waals surface area contributed by atoms with Gasteiger partial charge in [-0.3, -0.25) is 4.68 Å². The molecule has 1 aliphatic rings. The molecule has 4 heteroatoms. The Labute approximate surface area is 96.8 Å². The second-order valence-electron chi connectivity index (χ2n) is 4.55. The predicted octanol–water partition coefficient (Wildman–Crippen LogP) is 1.25. The summed E-state index contributed by atoms with van der Waals surface area (Å²) < 4.78 is 7.75. The SMILES string of the molecule is Cn1nccc1CCOC1CCCCC1N. The molecule has 16 heavy (non-hydrogen) atoms. The van der Waals surface area contributed by atoms with Crippen LogP contribution in [0.5, 0.6) is 0 Å². The Kier molecular flexibility index (Phi) is 3.96. The topological polar surface area (TPSA) is 53.1 Å². The maximum Gasteiger partial charge on any atom is 0.0726 e. The molecule has 0 spiro atoms. The molecule has 0 aliphatic heterocycles. The average Bonchev–Trinajstić information content (AvgIpc) is 2.67. The molecule has 2 atom stereocenters. The molecule has 2 unspecified atom stereocenters. The van der Waals surface area contributed by atoms with E-state index in [2.05, 4.69) is 5.10 Å². The van der Waals surface area contributed by atoms with Crippen molar-refractivity contribution in [2.24, 2.45) is 12.8 Å². The zero-order valence-electron chi connectivity index (χ0n) is 9.93. The van der Waals surface area contributed by atoms with Crippen LogP contribution in [0.1, 0.15) is 31.4 Å². The van der Waals surface area contributed by atoms with E-state index in [4.69, 9.17) is 10.5 Å². The molecule has 1 aliphatic carbocycles. The first-order valence-electron chi connectivity index (χ1n) is 6.11. The summed E-state index contributed by atoms with van der Waals surface area (Å²) in [6, 6.07) is 2.27. The molecule has 1 aromatic rings. The van der Waals surface area contributed by atoms with E-state index < -0.39 is 0 Å². The van der Waals surface area contributed by atoms with Crippen LogP contribution in [-0.4, -0.2) is 28.5 Å². The average molecular weight is 223 g/mol.